The predicted molar refractivity (Wildman–Crippen MR) is 86.3 cm³/mol. The van der Waals surface area contributed by atoms with Gasteiger partial charge in [-0.2, -0.15) is 5.26 Å². The Morgan fingerprint density at radius 2 is 2.00 bits per heavy atom. The summed E-state index contributed by atoms with van der Waals surface area (Å²) in [4.78, 5) is 14.0. The summed E-state index contributed by atoms with van der Waals surface area (Å²) >= 11 is 0. The van der Waals surface area contributed by atoms with Gasteiger partial charge in [0.2, 0.25) is 0 Å². The molecule has 0 bridgehead atoms. The Morgan fingerprint density at radius 1 is 1.30 bits per heavy atom. The Kier molecular flexibility index (Phi) is 5.83. The number of nitrogens with one attached hydrogen (secondary N) is 2. The lowest BCUT2D eigenvalue weighted by atomic mass is 10.2. The highest BCUT2D eigenvalue weighted by atomic mass is 16.5. The van der Waals surface area contributed by atoms with Crippen molar-refractivity contribution in [2.45, 2.75) is 0 Å². The number of nitrogens with zero attached hydrogens (tertiary/aromatic N) is 2. The van der Waals surface area contributed by atoms with Crippen molar-refractivity contribution in [1.82, 2.24) is 10.2 Å². The predicted octanol–water partition coefficient (Wildman–Crippen LogP) is 0.955. The third kappa shape index (κ3) is 4.14. The van der Waals surface area contributed by atoms with E-state index in [1.165, 1.54) is 6.20 Å². The van der Waals surface area contributed by atoms with E-state index in [1.54, 1.807) is 37.3 Å². The lowest BCUT2D eigenvalue weighted by molar-refractivity contribution is -0.127. The van der Waals surface area contributed by atoms with E-state index in [0.29, 0.717) is 30.3 Å². The second-order valence-corrected chi connectivity index (χ2v) is 4.93. The Bertz CT molecular complexity index is 631. The van der Waals surface area contributed by atoms with Crippen LogP contribution in [0.25, 0.3) is 0 Å². The number of ether oxygens (including phenoxy) is 2. The quantitative estimate of drug-likeness (QED) is 0.621. The molecule has 7 nitrogen and oxygen atoms in total. The van der Waals surface area contributed by atoms with Gasteiger partial charge in [-0.1, -0.05) is 0 Å². The van der Waals surface area contributed by atoms with Crippen molar-refractivity contribution in [3.63, 3.8) is 0 Å². The molecule has 2 N–H and O–H groups in total. The fraction of sp³-hybridized carbons (Fsp3) is 0.375. The van der Waals surface area contributed by atoms with E-state index in [1.807, 2.05) is 6.07 Å². The Morgan fingerprint density at radius 3 is 2.61 bits per heavy atom. The molecule has 1 fully saturated rings. The van der Waals surface area contributed by atoms with E-state index in [0.717, 1.165) is 13.1 Å². The fourth-order valence-corrected chi connectivity index (χ4v) is 2.26. The number of hydrogen-bond acceptors (Lipinski definition) is 6. The summed E-state index contributed by atoms with van der Waals surface area (Å²) in [5.74, 6) is 0.916. The summed E-state index contributed by atoms with van der Waals surface area (Å²) in [7, 11) is 3.11. The Hall–Kier alpha value is -2.72. The van der Waals surface area contributed by atoms with Gasteiger partial charge in [0, 0.05) is 44.1 Å². The SMILES string of the molecule is COc1ccc(N/C=C(/C#N)C(=O)N2CCNCC2)cc1OC. The van der Waals surface area contributed by atoms with Crippen LogP contribution in [0.1, 0.15) is 0 Å². The van der Waals surface area contributed by atoms with Crippen molar-refractivity contribution in [3.8, 4) is 17.6 Å². The van der Waals surface area contributed by atoms with Gasteiger partial charge >= 0.3 is 0 Å². The van der Waals surface area contributed by atoms with Crippen molar-refractivity contribution in [3.05, 3.63) is 30.0 Å². The molecular weight excluding hydrogens is 296 g/mol. The van der Waals surface area contributed by atoms with E-state index < -0.39 is 0 Å². The maximum atomic E-state index is 12.3. The van der Waals surface area contributed by atoms with Crippen LogP contribution in [0.5, 0.6) is 11.5 Å². The molecule has 1 saturated heterocycles. The Labute approximate surface area is 135 Å². The van der Waals surface area contributed by atoms with Crippen LogP contribution in [-0.2, 0) is 4.79 Å². The summed E-state index contributed by atoms with van der Waals surface area (Å²) in [6.07, 6.45) is 1.42. The molecule has 1 aromatic carbocycles. The maximum Gasteiger partial charge on any atom is 0.266 e. The van der Waals surface area contributed by atoms with Crippen LogP contribution in [0.15, 0.2) is 30.0 Å². The molecule has 1 amide bonds. The van der Waals surface area contributed by atoms with Gasteiger partial charge in [0.25, 0.3) is 5.91 Å². The van der Waals surface area contributed by atoms with Crippen LogP contribution in [0, 0.1) is 11.3 Å². The highest BCUT2D eigenvalue weighted by Gasteiger charge is 2.19. The number of carbonyl (C=O) groups excluding carboxylic acids is 1. The molecule has 122 valence electrons. The zero-order chi connectivity index (χ0) is 16.7. The number of carbonyl (C=O) groups is 1. The van der Waals surface area contributed by atoms with Gasteiger partial charge in [-0.05, 0) is 12.1 Å². The summed E-state index contributed by atoms with van der Waals surface area (Å²) in [5, 5.41) is 15.4. The highest BCUT2D eigenvalue weighted by molar-refractivity contribution is 5.97. The van der Waals surface area contributed by atoms with E-state index in [-0.39, 0.29) is 11.5 Å². The van der Waals surface area contributed by atoms with E-state index in [9.17, 15) is 10.1 Å². The molecule has 1 aliphatic rings. The molecule has 0 unspecified atom stereocenters. The number of hydrogen-bond donors (Lipinski definition) is 2. The fourth-order valence-electron chi connectivity index (χ4n) is 2.26. The summed E-state index contributed by atoms with van der Waals surface area (Å²) in [6, 6.07) is 7.22. The maximum absolute atomic E-state index is 12.3. The molecular formula is C16H20N4O3. The molecule has 23 heavy (non-hydrogen) atoms. The van der Waals surface area contributed by atoms with E-state index in [2.05, 4.69) is 10.6 Å². The lowest BCUT2D eigenvalue weighted by Crippen LogP contribution is -2.46. The standard InChI is InChI=1S/C16H20N4O3/c1-22-14-4-3-13(9-15(14)23-2)19-11-12(10-17)16(21)20-7-5-18-6-8-20/h3-4,9,11,18-19H,5-8H2,1-2H3/b12-11-. The molecule has 0 saturated carbocycles. The van der Waals surface area contributed by atoms with Crippen molar-refractivity contribution in [2.24, 2.45) is 0 Å². The first kappa shape index (κ1) is 16.6. The molecule has 0 radical (unpaired) electrons. The summed E-state index contributed by atoms with van der Waals surface area (Å²) in [6.45, 7) is 2.70. The molecule has 0 aliphatic carbocycles. The van der Waals surface area contributed by atoms with Gasteiger partial charge in [0.1, 0.15) is 11.6 Å². The molecule has 1 aromatic rings. The average Bonchev–Trinajstić information content (AvgIpc) is 2.62. The molecule has 0 aromatic heterocycles. The molecule has 2 rings (SSSR count). The highest BCUT2D eigenvalue weighted by Crippen LogP contribution is 2.29. The second kappa shape index (κ2) is 8.06. The van der Waals surface area contributed by atoms with Crippen molar-refractivity contribution in [2.75, 3.05) is 45.7 Å². The molecule has 0 atom stereocenters. The number of nitriles is 1. The number of anilines is 1. The summed E-state index contributed by atoms with van der Waals surface area (Å²) in [5.41, 5.74) is 0.769. The monoisotopic (exact) mass is 316 g/mol. The van der Waals surface area contributed by atoms with Crippen LogP contribution in [-0.4, -0.2) is 51.2 Å². The molecule has 0 spiro atoms. The number of rotatable bonds is 5. The first-order valence-corrected chi connectivity index (χ1v) is 7.28. The number of methoxy groups -OCH3 is 2. The molecule has 7 heteroatoms. The molecule has 1 heterocycles. The first-order chi connectivity index (χ1) is 11.2. The van der Waals surface area contributed by atoms with Gasteiger partial charge in [-0.3, -0.25) is 4.79 Å². The van der Waals surface area contributed by atoms with Crippen molar-refractivity contribution in [1.29, 1.82) is 5.26 Å². The van der Waals surface area contributed by atoms with Gasteiger partial charge < -0.3 is 25.0 Å². The van der Waals surface area contributed by atoms with E-state index in [4.69, 9.17) is 9.47 Å². The van der Waals surface area contributed by atoms with E-state index >= 15 is 0 Å². The lowest BCUT2D eigenvalue weighted by Gasteiger charge is -2.27. The largest absolute Gasteiger partial charge is 0.493 e. The van der Waals surface area contributed by atoms with Gasteiger partial charge in [0.15, 0.2) is 11.5 Å². The Balaban J connectivity index is 2.10. The first-order valence-electron chi connectivity index (χ1n) is 7.28. The normalized spacial score (nSPS) is 14.8. The number of benzene rings is 1. The number of piperazine rings is 1. The topological polar surface area (TPSA) is 86.6 Å². The second-order valence-electron chi connectivity index (χ2n) is 4.93. The van der Waals surface area contributed by atoms with Gasteiger partial charge in [-0.25, -0.2) is 0 Å². The van der Waals surface area contributed by atoms with Crippen LogP contribution >= 0.6 is 0 Å². The third-order valence-electron chi connectivity index (χ3n) is 3.52. The smallest absolute Gasteiger partial charge is 0.266 e. The van der Waals surface area contributed by atoms with Crippen LogP contribution < -0.4 is 20.1 Å². The zero-order valence-corrected chi connectivity index (χ0v) is 13.3. The number of amides is 1. The van der Waals surface area contributed by atoms with Gasteiger partial charge in [-0.15, -0.1) is 0 Å². The van der Waals surface area contributed by atoms with Crippen LogP contribution in [0.2, 0.25) is 0 Å². The van der Waals surface area contributed by atoms with Crippen LogP contribution in [0.4, 0.5) is 5.69 Å². The van der Waals surface area contributed by atoms with Crippen molar-refractivity contribution >= 4 is 11.6 Å². The third-order valence-corrected chi connectivity index (χ3v) is 3.52. The van der Waals surface area contributed by atoms with Crippen LogP contribution in [0.3, 0.4) is 0 Å². The van der Waals surface area contributed by atoms with Gasteiger partial charge in [0.05, 0.1) is 14.2 Å². The average molecular weight is 316 g/mol. The molecule has 1 aliphatic heterocycles. The minimum Gasteiger partial charge on any atom is -0.493 e. The van der Waals surface area contributed by atoms with Crippen molar-refractivity contribution < 1.29 is 14.3 Å². The minimum atomic E-state index is -0.262. The minimum absolute atomic E-state index is 0.0710. The summed E-state index contributed by atoms with van der Waals surface area (Å²) < 4.78 is 10.4. The zero-order valence-electron chi connectivity index (χ0n) is 13.3.